The van der Waals surface area contributed by atoms with E-state index in [0.29, 0.717) is 36.7 Å². The maximum absolute atomic E-state index is 12.5. The van der Waals surface area contributed by atoms with E-state index in [-0.39, 0.29) is 18.2 Å². The Kier molecular flexibility index (Phi) is 4.42. The van der Waals surface area contributed by atoms with E-state index < -0.39 is 10.0 Å². The van der Waals surface area contributed by atoms with Crippen LogP contribution in [-0.2, 0) is 14.8 Å². The number of hydrogen-bond donors (Lipinski definition) is 0. The summed E-state index contributed by atoms with van der Waals surface area (Å²) in [5.74, 6) is 0. The quantitative estimate of drug-likeness (QED) is 0.839. The standard InChI is InChI=1S/C14H20N2O4S2/c1-2-11-10-20-14(17)16(11)12-5-7-15(8-6-12)22(18,19)13-4-3-9-21-13/h3-4,9,11-12H,2,5-8,10H2,1H3. The van der Waals surface area contributed by atoms with Gasteiger partial charge in [-0.2, -0.15) is 4.31 Å². The number of hydrogen-bond acceptors (Lipinski definition) is 5. The third-order valence-corrected chi connectivity index (χ3v) is 7.65. The van der Waals surface area contributed by atoms with Gasteiger partial charge in [-0.15, -0.1) is 11.3 Å². The van der Waals surface area contributed by atoms with Gasteiger partial charge >= 0.3 is 6.09 Å². The van der Waals surface area contributed by atoms with E-state index in [0.717, 1.165) is 6.42 Å². The lowest BCUT2D eigenvalue weighted by molar-refractivity contribution is 0.124. The first kappa shape index (κ1) is 15.8. The van der Waals surface area contributed by atoms with Gasteiger partial charge < -0.3 is 4.74 Å². The highest BCUT2D eigenvalue weighted by molar-refractivity contribution is 7.91. The van der Waals surface area contributed by atoms with Crippen LogP contribution >= 0.6 is 11.3 Å². The topological polar surface area (TPSA) is 66.9 Å². The van der Waals surface area contributed by atoms with Crippen molar-refractivity contribution in [2.24, 2.45) is 0 Å². The first-order valence-corrected chi connectivity index (χ1v) is 9.84. The molecule has 1 aromatic rings. The highest BCUT2D eigenvalue weighted by Crippen LogP contribution is 2.29. The minimum absolute atomic E-state index is 0.0785. The first-order chi connectivity index (χ1) is 10.5. The van der Waals surface area contributed by atoms with Crippen LogP contribution in [0.4, 0.5) is 4.79 Å². The van der Waals surface area contributed by atoms with Gasteiger partial charge in [0.1, 0.15) is 10.8 Å². The SMILES string of the molecule is CCC1COC(=O)N1C1CCN(S(=O)(=O)c2cccs2)CC1. The van der Waals surface area contributed by atoms with Crippen LogP contribution in [0.25, 0.3) is 0 Å². The van der Waals surface area contributed by atoms with E-state index in [2.05, 4.69) is 0 Å². The molecule has 0 bridgehead atoms. The summed E-state index contributed by atoms with van der Waals surface area (Å²) in [4.78, 5) is 13.7. The van der Waals surface area contributed by atoms with Gasteiger partial charge in [0.05, 0.1) is 6.04 Å². The minimum Gasteiger partial charge on any atom is -0.447 e. The molecule has 2 aliphatic rings. The molecule has 0 radical (unpaired) electrons. The minimum atomic E-state index is -3.38. The lowest BCUT2D eigenvalue weighted by Crippen LogP contribution is -2.49. The molecule has 1 unspecified atom stereocenters. The largest absolute Gasteiger partial charge is 0.447 e. The maximum atomic E-state index is 12.5. The molecular formula is C14H20N2O4S2. The highest BCUT2D eigenvalue weighted by atomic mass is 32.2. The summed E-state index contributed by atoms with van der Waals surface area (Å²) < 4.78 is 32.0. The Labute approximate surface area is 134 Å². The monoisotopic (exact) mass is 344 g/mol. The third kappa shape index (κ3) is 2.75. The lowest BCUT2D eigenvalue weighted by Gasteiger charge is -2.36. The Hall–Kier alpha value is -1.12. The number of carbonyl (C=O) groups is 1. The number of amides is 1. The van der Waals surface area contributed by atoms with E-state index in [4.69, 9.17) is 4.74 Å². The molecule has 0 spiro atoms. The van der Waals surface area contributed by atoms with Gasteiger partial charge in [-0.1, -0.05) is 13.0 Å². The van der Waals surface area contributed by atoms with Gasteiger partial charge in [-0.05, 0) is 30.7 Å². The van der Waals surface area contributed by atoms with Crippen molar-refractivity contribution in [2.45, 2.75) is 42.5 Å². The van der Waals surface area contributed by atoms with Gasteiger partial charge in [0, 0.05) is 19.1 Å². The smallest absolute Gasteiger partial charge is 0.410 e. The summed E-state index contributed by atoms with van der Waals surface area (Å²) in [5, 5.41) is 1.77. The van der Waals surface area contributed by atoms with Crippen molar-refractivity contribution in [2.75, 3.05) is 19.7 Å². The average molecular weight is 344 g/mol. The van der Waals surface area contributed by atoms with Crippen molar-refractivity contribution < 1.29 is 17.9 Å². The predicted molar refractivity (Wildman–Crippen MR) is 83.4 cm³/mol. The second-order valence-electron chi connectivity index (χ2n) is 5.61. The zero-order valence-corrected chi connectivity index (χ0v) is 14.1. The van der Waals surface area contributed by atoms with Crippen molar-refractivity contribution in [1.82, 2.24) is 9.21 Å². The second kappa shape index (κ2) is 6.17. The zero-order chi connectivity index (χ0) is 15.7. The molecular weight excluding hydrogens is 324 g/mol. The molecule has 1 aromatic heterocycles. The summed E-state index contributed by atoms with van der Waals surface area (Å²) in [6.07, 6.45) is 1.93. The molecule has 0 saturated carbocycles. The Morgan fingerprint density at radius 2 is 2.09 bits per heavy atom. The fourth-order valence-corrected chi connectivity index (χ4v) is 5.75. The van der Waals surface area contributed by atoms with Crippen LogP contribution in [0.15, 0.2) is 21.7 Å². The molecule has 1 amide bonds. The first-order valence-electron chi connectivity index (χ1n) is 7.52. The number of sulfonamides is 1. The van der Waals surface area contributed by atoms with Crippen molar-refractivity contribution in [3.63, 3.8) is 0 Å². The molecule has 2 fully saturated rings. The molecule has 8 heteroatoms. The molecule has 122 valence electrons. The number of rotatable bonds is 4. The number of ether oxygens (including phenoxy) is 1. The normalized spacial score (nSPS) is 24.7. The van der Waals surface area contributed by atoms with Crippen molar-refractivity contribution >= 4 is 27.5 Å². The van der Waals surface area contributed by atoms with Crippen LogP contribution < -0.4 is 0 Å². The molecule has 22 heavy (non-hydrogen) atoms. The second-order valence-corrected chi connectivity index (χ2v) is 8.73. The maximum Gasteiger partial charge on any atom is 0.410 e. The van der Waals surface area contributed by atoms with Crippen LogP contribution in [0.3, 0.4) is 0 Å². The van der Waals surface area contributed by atoms with E-state index in [1.807, 2.05) is 11.8 Å². The highest BCUT2D eigenvalue weighted by Gasteiger charge is 2.40. The van der Waals surface area contributed by atoms with Crippen molar-refractivity contribution in [3.8, 4) is 0 Å². The van der Waals surface area contributed by atoms with Crippen LogP contribution in [0.5, 0.6) is 0 Å². The number of cyclic esters (lactones) is 1. The van der Waals surface area contributed by atoms with E-state index in [1.165, 1.54) is 15.6 Å². The Balaban J connectivity index is 1.67. The van der Waals surface area contributed by atoms with Gasteiger partial charge in [0.25, 0.3) is 10.0 Å². The summed E-state index contributed by atoms with van der Waals surface area (Å²) in [6, 6.07) is 3.58. The van der Waals surface area contributed by atoms with Gasteiger partial charge in [-0.25, -0.2) is 13.2 Å². The van der Waals surface area contributed by atoms with Gasteiger partial charge in [0.2, 0.25) is 0 Å². The Bertz CT molecular complexity index is 621. The molecule has 2 aliphatic heterocycles. The van der Waals surface area contributed by atoms with Crippen molar-refractivity contribution in [3.05, 3.63) is 17.5 Å². The fraction of sp³-hybridized carbons (Fsp3) is 0.643. The number of piperidine rings is 1. The fourth-order valence-electron chi connectivity index (χ4n) is 3.13. The molecule has 0 N–H and O–H groups in total. The van der Waals surface area contributed by atoms with Gasteiger partial charge in [-0.3, -0.25) is 4.90 Å². The summed E-state index contributed by atoms with van der Waals surface area (Å²) in [5.41, 5.74) is 0. The molecule has 2 saturated heterocycles. The number of thiophene rings is 1. The molecule has 3 rings (SSSR count). The predicted octanol–water partition coefficient (Wildman–Crippen LogP) is 2.13. The summed E-state index contributed by atoms with van der Waals surface area (Å²) >= 11 is 1.24. The molecule has 0 aliphatic carbocycles. The molecule has 3 heterocycles. The van der Waals surface area contributed by atoms with Crippen molar-refractivity contribution in [1.29, 1.82) is 0 Å². The Morgan fingerprint density at radius 1 is 1.36 bits per heavy atom. The number of carbonyl (C=O) groups excluding carboxylic acids is 1. The van der Waals surface area contributed by atoms with Crippen LogP contribution in [-0.4, -0.2) is 55.5 Å². The summed E-state index contributed by atoms with van der Waals surface area (Å²) in [7, 11) is -3.38. The molecule has 6 nitrogen and oxygen atoms in total. The van der Waals surface area contributed by atoms with Gasteiger partial charge in [0.15, 0.2) is 0 Å². The van der Waals surface area contributed by atoms with Crippen LogP contribution in [0.2, 0.25) is 0 Å². The molecule has 1 atom stereocenters. The van der Waals surface area contributed by atoms with Crippen LogP contribution in [0, 0.1) is 0 Å². The van der Waals surface area contributed by atoms with E-state index in [1.54, 1.807) is 17.5 Å². The van der Waals surface area contributed by atoms with E-state index >= 15 is 0 Å². The van der Waals surface area contributed by atoms with Crippen LogP contribution in [0.1, 0.15) is 26.2 Å². The third-order valence-electron chi connectivity index (χ3n) is 4.38. The lowest BCUT2D eigenvalue weighted by atomic mass is 10.0. The van der Waals surface area contributed by atoms with E-state index in [9.17, 15) is 13.2 Å². The average Bonchev–Trinajstić information content (AvgIpc) is 3.17. The molecule has 0 aromatic carbocycles. The Morgan fingerprint density at radius 3 is 2.68 bits per heavy atom. The number of nitrogens with zero attached hydrogens (tertiary/aromatic N) is 2. The summed E-state index contributed by atoms with van der Waals surface area (Å²) in [6.45, 7) is 3.38. The zero-order valence-electron chi connectivity index (χ0n) is 12.5.